The normalized spacial score (nSPS) is 12.5. The highest BCUT2D eigenvalue weighted by Gasteiger charge is 2.13. The predicted molar refractivity (Wildman–Crippen MR) is 68.6 cm³/mol. The van der Waals surface area contributed by atoms with Gasteiger partial charge in [-0.2, -0.15) is 0 Å². The van der Waals surface area contributed by atoms with Crippen molar-refractivity contribution in [2.24, 2.45) is 5.73 Å². The number of thioether (sulfide) groups is 1. The predicted octanol–water partition coefficient (Wildman–Crippen LogP) is 2.55. The van der Waals surface area contributed by atoms with Crippen LogP contribution in [0.25, 0.3) is 0 Å². The van der Waals surface area contributed by atoms with E-state index in [4.69, 9.17) is 17.3 Å². The fraction of sp³-hybridized carbons (Fsp3) is 0.600. The molecule has 6 heteroatoms. The summed E-state index contributed by atoms with van der Waals surface area (Å²) in [6.45, 7) is 6.59. The SMILES string of the molecule is CC(=CCl)CSc1nnc(CN)n1C(C)C. The fourth-order valence-electron chi connectivity index (χ4n) is 1.27. The molecule has 0 radical (unpaired) electrons. The number of nitrogens with zero attached hydrogens (tertiary/aromatic N) is 3. The lowest BCUT2D eigenvalue weighted by atomic mass is 10.4. The van der Waals surface area contributed by atoms with Crippen LogP contribution in [0.1, 0.15) is 32.6 Å². The van der Waals surface area contributed by atoms with Crippen molar-refractivity contribution < 1.29 is 0 Å². The first kappa shape index (κ1) is 13.5. The largest absolute Gasteiger partial charge is 0.324 e. The average molecular weight is 261 g/mol. The Labute approximate surface area is 105 Å². The minimum absolute atomic E-state index is 0.316. The van der Waals surface area contributed by atoms with Gasteiger partial charge in [0.2, 0.25) is 0 Å². The molecule has 0 aromatic carbocycles. The zero-order valence-corrected chi connectivity index (χ0v) is 11.3. The molecule has 4 nitrogen and oxygen atoms in total. The molecule has 16 heavy (non-hydrogen) atoms. The molecule has 0 saturated carbocycles. The topological polar surface area (TPSA) is 56.7 Å². The molecule has 0 aliphatic heterocycles. The van der Waals surface area contributed by atoms with E-state index in [0.717, 1.165) is 22.3 Å². The molecular weight excluding hydrogens is 244 g/mol. The highest BCUT2D eigenvalue weighted by atomic mass is 35.5. The Morgan fingerprint density at radius 2 is 2.25 bits per heavy atom. The lowest BCUT2D eigenvalue weighted by Gasteiger charge is -2.12. The van der Waals surface area contributed by atoms with Gasteiger partial charge < -0.3 is 10.3 Å². The van der Waals surface area contributed by atoms with Gasteiger partial charge in [-0.05, 0) is 20.8 Å². The minimum atomic E-state index is 0.316. The second-order valence-corrected chi connectivity index (χ2v) is 4.97. The Morgan fingerprint density at radius 1 is 1.56 bits per heavy atom. The summed E-state index contributed by atoms with van der Waals surface area (Å²) < 4.78 is 2.06. The van der Waals surface area contributed by atoms with Crippen LogP contribution in [-0.2, 0) is 6.54 Å². The first-order valence-corrected chi connectivity index (χ1v) is 6.54. The van der Waals surface area contributed by atoms with E-state index in [1.807, 2.05) is 6.92 Å². The molecule has 0 amide bonds. The van der Waals surface area contributed by atoms with Gasteiger partial charge in [0.25, 0.3) is 0 Å². The maximum absolute atomic E-state index is 5.62. The van der Waals surface area contributed by atoms with E-state index in [2.05, 4.69) is 28.6 Å². The van der Waals surface area contributed by atoms with Gasteiger partial charge in [-0.1, -0.05) is 28.9 Å². The third kappa shape index (κ3) is 3.23. The molecule has 2 N–H and O–H groups in total. The summed E-state index contributed by atoms with van der Waals surface area (Å²) in [5, 5.41) is 9.11. The Kier molecular flexibility index (Phi) is 5.31. The molecule has 1 rings (SSSR count). The zero-order chi connectivity index (χ0) is 12.1. The molecule has 90 valence electrons. The zero-order valence-electron chi connectivity index (χ0n) is 9.77. The van der Waals surface area contributed by atoms with E-state index in [1.54, 1.807) is 17.3 Å². The molecule has 0 fully saturated rings. The number of hydrogen-bond donors (Lipinski definition) is 1. The van der Waals surface area contributed by atoms with Crippen LogP contribution < -0.4 is 5.73 Å². The van der Waals surface area contributed by atoms with Crippen molar-refractivity contribution in [3.8, 4) is 0 Å². The Morgan fingerprint density at radius 3 is 2.75 bits per heavy atom. The van der Waals surface area contributed by atoms with Crippen molar-refractivity contribution in [3.05, 3.63) is 16.9 Å². The summed E-state index contributed by atoms with van der Waals surface area (Å²) in [6, 6.07) is 0.316. The van der Waals surface area contributed by atoms with Crippen LogP contribution >= 0.6 is 23.4 Å². The monoisotopic (exact) mass is 260 g/mol. The smallest absolute Gasteiger partial charge is 0.191 e. The Balaban J connectivity index is 2.83. The van der Waals surface area contributed by atoms with Gasteiger partial charge in [0.05, 0.1) is 6.54 Å². The van der Waals surface area contributed by atoms with Gasteiger partial charge in [-0.3, -0.25) is 0 Å². The van der Waals surface area contributed by atoms with Crippen molar-refractivity contribution in [1.29, 1.82) is 0 Å². The van der Waals surface area contributed by atoms with Crippen LogP contribution in [0.5, 0.6) is 0 Å². The third-order valence-corrected chi connectivity index (χ3v) is 3.56. The molecule has 1 aromatic heterocycles. The van der Waals surface area contributed by atoms with Crippen LogP contribution in [0.3, 0.4) is 0 Å². The average Bonchev–Trinajstić information content (AvgIpc) is 2.68. The highest BCUT2D eigenvalue weighted by molar-refractivity contribution is 7.99. The Hall–Kier alpha value is -0.520. The second kappa shape index (κ2) is 6.27. The standard InChI is InChI=1S/C10H17ClN4S/c1-7(2)15-9(5-12)13-14-10(15)16-6-8(3)4-11/h4,7H,5-6,12H2,1-3H3. The summed E-state index contributed by atoms with van der Waals surface area (Å²) in [6.07, 6.45) is 0. The lowest BCUT2D eigenvalue weighted by Crippen LogP contribution is -2.11. The van der Waals surface area contributed by atoms with Gasteiger partial charge in [0.1, 0.15) is 5.82 Å². The summed E-state index contributed by atoms with van der Waals surface area (Å²) in [5.41, 5.74) is 8.32. The number of halogens is 1. The van der Waals surface area contributed by atoms with Crippen molar-refractivity contribution >= 4 is 23.4 Å². The van der Waals surface area contributed by atoms with Crippen LogP contribution in [-0.4, -0.2) is 20.5 Å². The van der Waals surface area contributed by atoms with Gasteiger partial charge >= 0.3 is 0 Å². The molecule has 0 atom stereocenters. The maximum atomic E-state index is 5.62. The summed E-state index contributed by atoms with van der Waals surface area (Å²) in [5.74, 6) is 1.64. The van der Waals surface area contributed by atoms with Crippen molar-refractivity contribution in [2.45, 2.75) is 38.5 Å². The molecule has 0 spiro atoms. The van der Waals surface area contributed by atoms with E-state index in [0.29, 0.717) is 12.6 Å². The van der Waals surface area contributed by atoms with Crippen molar-refractivity contribution in [1.82, 2.24) is 14.8 Å². The molecule has 0 aliphatic carbocycles. The first-order chi connectivity index (χ1) is 7.60. The van der Waals surface area contributed by atoms with E-state index in [1.165, 1.54) is 0 Å². The Bertz CT molecular complexity index is 373. The van der Waals surface area contributed by atoms with Crippen LogP contribution in [0.2, 0.25) is 0 Å². The van der Waals surface area contributed by atoms with Gasteiger partial charge in [-0.15, -0.1) is 10.2 Å². The highest BCUT2D eigenvalue weighted by Crippen LogP contribution is 2.23. The van der Waals surface area contributed by atoms with Crippen molar-refractivity contribution in [3.63, 3.8) is 0 Å². The van der Waals surface area contributed by atoms with Gasteiger partial charge in [0.15, 0.2) is 5.16 Å². The lowest BCUT2D eigenvalue weighted by molar-refractivity contribution is 0.526. The molecule has 1 aromatic rings. The van der Waals surface area contributed by atoms with Gasteiger partial charge in [0, 0.05) is 17.3 Å². The number of rotatable bonds is 5. The first-order valence-electron chi connectivity index (χ1n) is 5.12. The van der Waals surface area contributed by atoms with Crippen LogP contribution in [0.15, 0.2) is 16.3 Å². The van der Waals surface area contributed by atoms with E-state index in [-0.39, 0.29) is 0 Å². The van der Waals surface area contributed by atoms with Gasteiger partial charge in [-0.25, -0.2) is 0 Å². The number of nitrogens with two attached hydrogens (primary N) is 1. The second-order valence-electron chi connectivity index (χ2n) is 3.81. The van der Waals surface area contributed by atoms with E-state index in [9.17, 15) is 0 Å². The third-order valence-electron chi connectivity index (χ3n) is 2.05. The minimum Gasteiger partial charge on any atom is -0.324 e. The maximum Gasteiger partial charge on any atom is 0.191 e. The summed E-state index contributed by atoms with van der Waals surface area (Å²) >= 11 is 7.24. The summed E-state index contributed by atoms with van der Waals surface area (Å²) in [7, 11) is 0. The van der Waals surface area contributed by atoms with Crippen LogP contribution in [0.4, 0.5) is 0 Å². The number of aromatic nitrogens is 3. The summed E-state index contributed by atoms with van der Waals surface area (Å²) in [4.78, 5) is 0. The fourth-order valence-corrected chi connectivity index (χ4v) is 2.44. The van der Waals surface area contributed by atoms with Crippen molar-refractivity contribution in [2.75, 3.05) is 5.75 Å². The molecule has 0 aliphatic rings. The molecule has 0 unspecified atom stereocenters. The van der Waals surface area contributed by atoms with E-state index >= 15 is 0 Å². The molecular formula is C10H17ClN4S. The van der Waals surface area contributed by atoms with E-state index < -0.39 is 0 Å². The van der Waals surface area contributed by atoms with Crippen LogP contribution in [0, 0.1) is 0 Å². The number of hydrogen-bond acceptors (Lipinski definition) is 4. The quantitative estimate of drug-likeness (QED) is 0.827. The molecule has 0 bridgehead atoms. The molecule has 1 heterocycles. The molecule has 0 saturated heterocycles.